The van der Waals surface area contributed by atoms with E-state index >= 15 is 0 Å². The number of aromatic nitrogens is 2. The fraction of sp³-hybridized carbons (Fsp3) is 0.526. The summed E-state index contributed by atoms with van der Waals surface area (Å²) >= 11 is 12.7. The van der Waals surface area contributed by atoms with Gasteiger partial charge in [0.2, 0.25) is 0 Å². The van der Waals surface area contributed by atoms with Crippen LogP contribution in [0.1, 0.15) is 43.4 Å². The average molecular weight is 379 g/mol. The Labute approximate surface area is 159 Å². The molecule has 1 N–H and O–H groups in total. The third-order valence-electron chi connectivity index (χ3n) is 5.19. The number of anilines is 1. The number of hydrogen-bond acceptors (Lipinski definition) is 3. The Balaban J connectivity index is 1.75. The summed E-state index contributed by atoms with van der Waals surface area (Å²) in [6.07, 6.45) is 7.39. The van der Waals surface area contributed by atoms with Crippen molar-refractivity contribution in [3.63, 3.8) is 0 Å². The summed E-state index contributed by atoms with van der Waals surface area (Å²) in [6, 6.07) is 5.73. The monoisotopic (exact) mass is 378 g/mol. The van der Waals surface area contributed by atoms with Crippen LogP contribution in [0.25, 0.3) is 5.69 Å². The maximum Gasteiger partial charge on any atom is 0.133 e. The van der Waals surface area contributed by atoms with Gasteiger partial charge in [-0.1, -0.05) is 35.7 Å². The van der Waals surface area contributed by atoms with E-state index in [4.69, 9.17) is 28.3 Å². The van der Waals surface area contributed by atoms with Gasteiger partial charge in [0.15, 0.2) is 0 Å². The first-order valence-corrected chi connectivity index (χ1v) is 10.0. The molecule has 1 fully saturated rings. The second kappa shape index (κ2) is 7.56. The molecule has 1 saturated heterocycles. The van der Waals surface area contributed by atoms with Crippen molar-refractivity contribution < 1.29 is 0 Å². The van der Waals surface area contributed by atoms with Crippen LogP contribution in [0.15, 0.2) is 18.2 Å². The van der Waals surface area contributed by atoms with Gasteiger partial charge in [0, 0.05) is 18.7 Å². The van der Waals surface area contributed by atoms with Crippen molar-refractivity contribution in [2.45, 2.75) is 45.1 Å². The van der Waals surface area contributed by atoms with E-state index in [0.717, 1.165) is 31.0 Å². The number of piperidine rings is 1. The summed E-state index contributed by atoms with van der Waals surface area (Å²) in [7, 11) is 0. The highest BCUT2D eigenvalue weighted by Gasteiger charge is 2.24. The van der Waals surface area contributed by atoms with Gasteiger partial charge in [0.1, 0.15) is 5.82 Å². The number of nitrogens with zero attached hydrogens (tertiary/aromatic N) is 3. The van der Waals surface area contributed by atoms with Gasteiger partial charge in [-0.3, -0.25) is 4.90 Å². The molecular formula is C19H24Cl2N4. The molecular weight excluding hydrogens is 355 g/mol. The maximum absolute atomic E-state index is 6.48. The van der Waals surface area contributed by atoms with Crippen molar-refractivity contribution >= 4 is 29.0 Å². The van der Waals surface area contributed by atoms with E-state index in [1.165, 1.54) is 56.5 Å². The van der Waals surface area contributed by atoms with Gasteiger partial charge < -0.3 is 5.32 Å². The molecule has 0 atom stereocenters. The van der Waals surface area contributed by atoms with Crippen LogP contribution in [0.4, 0.5) is 5.82 Å². The number of hydrogen-bond donors (Lipinski definition) is 1. The van der Waals surface area contributed by atoms with Crippen molar-refractivity contribution in [1.29, 1.82) is 0 Å². The smallest absolute Gasteiger partial charge is 0.133 e. The SMILES string of the molecule is Clc1cccc(-n2nc(CN3CCCCC3)c3c2NCCCC3)c1Cl. The van der Waals surface area contributed by atoms with Crippen LogP contribution in [-0.4, -0.2) is 34.3 Å². The molecule has 0 spiro atoms. The Morgan fingerprint density at radius 3 is 2.72 bits per heavy atom. The molecule has 25 heavy (non-hydrogen) atoms. The second-order valence-corrected chi connectivity index (χ2v) is 7.76. The highest BCUT2D eigenvalue weighted by atomic mass is 35.5. The number of nitrogens with one attached hydrogen (secondary N) is 1. The van der Waals surface area contributed by atoms with Crippen LogP contribution in [0.3, 0.4) is 0 Å². The van der Waals surface area contributed by atoms with Crippen molar-refractivity contribution in [2.24, 2.45) is 0 Å². The summed E-state index contributed by atoms with van der Waals surface area (Å²) in [5.74, 6) is 1.09. The fourth-order valence-electron chi connectivity index (χ4n) is 3.86. The molecule has 0 radical (unpaired) electrons. The summed E-state index contributed by atoms with van der Waals surface area (Å²) in [5.41, 5.74) is 3.38. The van der Waals surface area contributed by atoms with Gasteiger partial charge in [-0.2, -0.15) is 5.10 Å². The summed E-state index contributed by atoms with van der Waals surface area (Å²) < 4.78 is 1.97. The number of benzene rings is 1. The molecule has 1 aromatic carbocycles. The van der Waals surface area contributed by atoms with Crippen LogP contribution < -0.4 is 5.32 Å². The van der Waals surface area contributed by atoms with Gasteiger partial charge in [0.25, 0.3) is 0 Å². The van der Waals surface area contributed by atoms with Crippen molar-refractivity contribution in [1.82, 2.24) is 14.7 Å². The maximum atomic E-state index is 6.48. The lowest BCUT2D eigenvalue weighted by molar-refractivity contribution is 0.217. The Bertz CT molecular complexity index is 750. The molecule has 0 saturated carbocycles. The molecule has 0 unspecified atom stereocenters. The van der Waals surface area contributed by atoms with Gasteiger partial charge >= 0.3 is 0 Å². The van der Waals surface area contributed by atoms with Gasteiger partial charge in [-0.25, -0.2) is 4.68 Å². The fourth-order valence-corrected chi connectivity index (χ4v) is 4.24. The molecule has 2 aliphatic rings. The number of fused-ring (bicyclic) bond motifs is 1. The van der Waals surface area contributed by atoms with E-state index in [0.29, 0.717) is 10.0 Å². The molecule has 0 bridgehead atoms. The number of likely N-dealkylation sites (tertiary alicyclic amines) is 1. The predicted octanol–water partition coefficient (Wildman–Crippen LogP) is 4.91. The standard InChI is InChI=1S/C19H24Cl2N4/c20-15-8-6-9-17(18(15)21)25-19-14(7-2-3-10-22-19)16(23-25)13-24-11-4-1-5-12-24/h6,8-9,22H,1-5,7,10-13H2. The van der Waals surface area contributed by atoms with E-state index in [1.807, 2.05) is 22.9 Å². The average Bonchev–Trinajstić information content (AvgIpc) is 2.81. The zero-order chi connectivity index (χ0) is 17.2. The molecule has 4 rings (SSSR count). The van der Waals surface area contributed by atoms with Crippen LogP contribution in [-0.2, 0) is 13.0 Å². The van der Waals surface area contributed by atoms with Gasteiger partial charge in [-0.05, 0) is 57.3 Å². The Morgan fingerprint density at radius 1 is 1.04 bits per heavy atom. The first kappa shape index (κ1) is 17.2. The zero-order valence-corrected chi connectivity index (χ0v) is 15.9. The molecule has 2 aromatic rings. The second-order valence-electron chi connectivity index (χ2n) is 6.98. The van der Waals surface area contributed by atoms with Gasteiger partial charge in [0.05, 0.1) is 21.4 Å². The normalized spacial score (nSPS) is 18.5. The minimum absolute atomic E-state index is 0.560. The van der Waals surface area contributed by atoms with Gasteiger partial charge in [-0.15, -0.1) is 0 Å². The number of rotatable bonds is 3. The highest BCUT2D eigenvalue weighted by molar-refractivity contribution is 6.43. The molecule has 6 heteroatoms. The van der Waals surface area contributed by atoms with Crippen molar-refractivity contribution in [2.75, 3.05) is 25.0 Å². The lowest BCUT2D eigenvalue weighted by Crippen LogP contribution is -2.29. The molecule has 134 valence electrons. The van der Waals surface area contributed by atoms with E-state index < -0.39 is 0 Å². The van der Waals surface area contributed by atoms with Crippen molar-refractivity contribution in [3.05, 3.63) is 39.5 Å². The molecule has 1 aromatic heterocycles. The van der Waals surface area contributed by atoms with Crippen LogP contribution in [0.5, 0.6) is 0 Å². The molecule has 0 aliphatic carbocycles. The van der Waals surface area contributed by atoms with Crippen LogP contribution in [0, 0.1) is 0 Å². The predicted molar refractivity (Wildman–Crippen MR) is 104 cm³/mol. The Hall–Kier alpha value is -1.23. The molecule has 4 nitrogen and oxygen atoms in total. The minimum atomic E-state index is 0.560. The van der Waals surface area contributed by atoms with E-state index in [9.17, 15) is 0 Å². The Kier molecular flexibility index (Phi) is 5.20. The topological polar surface area (TPSA) is 33.1 Å². The summed E-state index contributed by atoms with van der Waals surface area (Å²) in [4.78, 5) is 2.53. The van der Waals surface area contributed by atoms with E-state index in [1.54, 1.807) is 0 Å². The van der Waals surface area contributed by atoms with Crippen LogP contribution in [0.2, 0.25) is 10.0 Å². The first-order chi connectivity index (χ1) is 12.2. The van der Waals surface area contributed by atoms with E-state index in [2.05, 4.69) is 10.2 Å². The quantitative estimate of drug-likeness (QED) is 0.822. The zero-order valence-electron chi connectivity index (χ0n) is 14.4. The first-order valence-electron chi connectivity index (χ1n) is 9.25. The van der Waals surface area contributed by atoms with Crippen molar-refractivity contribution in [3.8, 4) is 5.69 Å². The van der Waals surface area contributed by atoms with E-state index in [-0.39, 0.29) is 0 Å². The Morgan fingerprint density at radius 2 is 1.88 bits per heavy atom. The number of halogens is 2. The third kappa shape index (κ3) is 3.53. The minimum Gasteiger partial charge on any atom is -0.370 e. The lowest BCUT2D eigenvalue weighted by atomic mass is 10.1. The summed E-state index contributed by atoms with van der Waals surface area (Å²) in [5, 5.41) is 9.67. The largest absolute Gasteiger partial charge is 0.370 e. The lowest BCUT2D eigenvalue weighted by Gasteiger charge is -2.25. The van der Waals surface area contributed by atoms with Crippen LogP contribution >= 0.6 is 23.2 Å². The highest BCUT2D eigenvalue weighted by Crippen LogP contribution is 2.34. The summed E-state index contributed by atoms with van der Waals surface area (Å²) in [6.45, 7) is 4.25. The molecule has 3 heterocycles. The molecule has 2 aliphatic heterocycles. The third-order valence-corrected chi connectivity index (χ3v) is 6.00. The molecule has 0 amide bonds.